The Morgan fingerprint density at radius 3 is 2.35 bits per heavy atom. The van der Waals surface area contributed by atoms with Crippen molar-refractivity contribution in [2.75, 3.05) is 19.8 Å². The number of benzene rings is 2. The average Bonchev–Trinajstić information content (AvgIpc) is 2.81. The molecule has 0 saturated heterocycles. The third-order valence-corrected chi connectivity index (χ3v) is 4.69. The van der Waals surface area contributed by atoms with Crippen LogP contribution in [0, 0.1) is 11.8 Å². The molecule has 6 nitrogen and oxygen atoms in total. The molecular formula is C25H29NO5. The lowest BCUT2D eigenvalue weighted by molar-refractivity contribution is -0.141. The van der Waals surface area contributed by atoms with Gasteiger partial charge >= 0.3 is 5.97 Å². The van der Waals surface area contributed by atoms with Crippen LogP contribution in [-0.4, -0.2) is 46.7 Å². The predicted molar refractivity (Wildman–Crippen MR) is 119 cm³/mol. The van der Waals surface area contributed by atoms with Crippen molar-refractivity contribution in [3.63, 3.8) is 0 Å². The molecule has 0 bridgehead atoms. The molecule has 2 N–H and O–H groups in total. The summed E-state index contributed by atoms with van der Waals surface area (Å²) in [6.45, 7) is 5.35. The first-order chi connectivity index (χ1) is 15.0. The minimum Gasteiger partial charge on any atom is -0.491 e. The summed E-state index contributed by atoms with van der Waals surface area (Å²) in [4.78, 5) is 24.5. The number of carboxylic acid groups (broad SMARTS) is 1. The fourth-order valence-corrected chi connectivity index (χ4v) is 3.16. The number of carbonyl (C=O) groups is 2. The zero-order valence-corrected chi connectivity index (χ0v) is 18.1. The molecule has 164 valence electrons. The van der Waals surface area contributed by atoms with Crippen LogP contribution in [0.3, 0.4) is 0 Å². The number of hydrogen-bond acceptors (Lipinski definition) is 4. The van der Waals surface area contributed by atoms with Crippen molar-refractivity contribution in [1.82, 2.24) is 4.90 Å². The lowest BCUT2D eigenvalue weighted by Gasteiger charge is -2.29. The molecule has 0 aromatic heterocycles. The molecule has 2 aromatic carbocycles. The Bertz CT molecular complexity index is 941. The maximum Gasteiger partial charge on any atom is 0.303 e. The van der Waals surface area contributed by atoms with E-state index < -0.39 is 5.97 Å². The number of nitrogens with zero attached hydrogens (tertiary/aromatic N) is 1. The second kappa shape index (κ2) is 12.4. The van der Waals surface area contributed by atoms with Crippen molar-refractivity contribution in [3.8, 4) is 17.6 Å². The smallest absolute Gasteiger partial charge is 0.303 e. The van der Waals surface area contributed by atoms with E-state index in [1.807, 2.05) is 50.2 Å². The molecular weight excluding hydrogens is 394 g/mol. The van der Waals surface area contributed by atoms with Crippen LogP contribution in [0.25, 0.3) is 0 Å². The van der Waals surface area contributed by atoms with E-state index in [0.29, 0.717) is 18.8 Å². The molecule has 1 aliphatic rings. The number of aliphatic hydroxyl groups excluding tert-OH is 1. The van der Waals surface area contributed by atoms with Crippen molar-refractivity contribution in [1.29, 1.82) is 0 Å². The molecule has 3 rings (SSSR count). The number of rotatable bonds is 6. The quantitative estimate of drug-likeness (QED) is 0.697. The third-order valence-electron chi connectivity index (χ3n) is 4.69. The highest BCUT2D eigenvalue weighted by molar-refractivity contribution is 5.81. The second-order valence-corrected chi connectivity index (χ2v) is 6.79. The maximum absolute atomic E-state index is 12.1. The summed E-state index contributed by atoms with van der Waals surface area (Å²) in [5, 5.41) is 17.5. The summed E-state index contributed by atoms with van der Waals surface area (Å²) in [7, 11) is 0. The molecule has 1 aliphatic heterocycles. The topological polar surface area (TPSA) is 87.1 Å². The lowest BCUT2D eigenvalue weighted by Crippen LogP contribution is -2.36. The van der Waals surface area contributed by atoms with Crippen LogP contribution in [0.4, 0.5) is 0 Å². The standard InChI is InChI=1S/C23H23NO5.C2H6/c25-13-14-29-21-7-4-17(5-8-21)1-2-18-3-6-20-16-24(12-11-19(20)15-18)22(26)9-10-23(27)28;1-2/h3-8,15,25H,9-14,16H2,(H,27,28);1-2H3. The Hall–Kier alpha value is -3.30. The Kier molecular flexibility index (Phi) is 9.60. The largest absolute Gasteiger partial charge is 0.491 e. The van der Waals surface area contributed by atoms with Gasteiger partial charge in [-0.1, -0.05) is 31.8 Å². The Morgan fingerprint density at radius 1 is 1.00 bits per heavy atom. The number of carbonyl (C=O) groups excluding carboxylic acids is 1. The minimum absolute atomic E-state index is 0.0197. The van der Waals surface area contributed by atoms with Crippen LogP contribution >= 0.6 is 0 Å². The molecule has 6 heteroatoms. The van der Waals surface area contributed by atoms with Gasteiger partial charge in [0.25, 0.3) is 0 Å². The van der Waals surface area contributed by atoms with Crippen molar-refractivity contribution >= 4 is 11.9 Å². The van der Waals surface area contributed by atoms with Gasteiger partial charge in [0.05, 0.1) is 13.0 Å². The Morgan fingerprint density at radius 2 is 1.68 bits per heavy atom. The Balaban J connectivity index is 0.00000166. The highest BCUT2D eigenvalue weighted by Gasteiger charge is 2.21. The molecule has 0 spiro atoms. The molecule has 1 heterocycles. The monoisotopic (exact) mass is 423 g/mol. The minimum atomic E-state index is -0.952. The first kappa shape index (κ1) is 24.0. The summed E-state index contributed by atoms with van der Waals surface area (Å²) in [6.07, 6.45) is 0.643. The number of aliphatic hydroxyl groups is 1. The predicted octanol–water partition coefficient (Wildman–Crippen LogP) is 3.23. The number of fused-ring (bicyclic) bond motifs is 1. The summed E-state index contributed by atoms with van der Waals surface area (Å²) in [5.74, 6) is 5.92. The highest BCUT2D eigenvalue weighted by Crippen LogP contribution is 2.21. The molecule has 0 aliphatic carbocycles. The van der Waals surface area contributed by atoms with Gasteiger partial charge in [0.15, 0.2) is 0 Å². The molecule has 0 fully saturated rings. The summed E-state index contributed by atoms with van der Waals surface area (Å²) in [5.41, 5.74) is 4.03. The number of carboxylic acids is 1. The van der Waals surface area contributed by atoms with E-state index in [4.69, 9.17) is 14.9 Å². The van der Waals surface area contributed by atoms with E-state index in [-0.39, 0.29) is 32.0 Å². The van der Waals surface area contributed by atoms with Crippen molar-refractivity contribution in [2.45, 2.75) is 39.7 Å². The first-order valence-electron chi connectivity index (χ1n) is 10.5. The molecule has 0 atom stereocenters. The molecule has 0 unspecified atom stereocenters. The van der Waals surface area contributed by atoms with Gasteiger partial charge in [-0.05, 0) is 53.9 Å². The van der Waals surface area contributed by atoms with Crippen LogP contribution in [0.15, 0.2) is 42.5 Å². The fraction of sp³-hybridized carbons (Fsp3) is 0.360. The zero-order valence-electron chi connectivity index (χ0n) is 18.1. The summed E-state index contributed by atoms with van der Waals surface area (Å²) in [6, 6.07) is 13.4. The van der Waals surface area contributed by atoms with Gasteiger partial charge in [-0.3, -0.25) is 9.59 Å². The third kappa shape index (κ3) is 7.47. The van der Waals surface area contributed by atoms with Crippen LogP contribution in [0.2, 0.25) is 0 Å². The van der Waals surface area contributed by atoms with E-state index in [0.717, 1.165) is 23.1 Å². The second-order valence-electron chi connectivity index (χ2n) is 6.79. The number of amides is 1. The van der Waals surface area contributed by atoms with Gasteiger partial charge in [0.1, 0.15) is 12.4 Å². The Labute approximate surface area is 183 Å². The SMILES string of the molecule is CC.O=C(O)CCC(=O)N1CCc2cc(C#Cc3ccc(OCCO)cc3)ccc2C1. The van der Waals surface area contributed by atoms with E-state index in [1.54, 1.807) is 4.90 Å². The number of aliphatic carboxylic acids is 1. The van der Waals surface area contributed by atoms with Crippen molar-refractivity contribution in [3.05, 3.63) is 64.7 Å². The van der Waals surface area contributed by atoms with Gasteiger partial charge in [-0.2, -0.15) is 0 Å². The van der Waals surface area contributed by atoms with Gasteiger partial charge < -0.3 is 19.8 Å². The van der Waals surface area contributed by atoms with Crippen molar-refractivity contribution < 1.29 is 24.5 Å². The maximum atomic E-state index is 12.1. The molecule has 1 amide bonds. The molecule has 0 radical (unpaired) electrons. The zero-order chi connectivity index (χ0) is 22.6. The summed E-state index contributed by atoms with van der Waals surface area (Å²) >= 11 is 0. The van der Waals surface area contributed by atoms with E-state index in [9.17, 15) is 9.59 Å². The first-order valence-corrected chi connectivity index (χ1v) is 10.5. The van der Waals surface area contributed by atoms with Crippen LogP contribution in [0.5, 0.6) is 5.75 Å². The molecule has 0 saturated carbocycles. The summed E-state index contributed by atoms with van der Waals surface area (Å²) < 4.78 is 5.33. The highest BCUT2D eigenvalue weighted by atomic mass is 16.5. The van der Waals surface area contributed by atoms with E-state index in [2.05, 4.69) is 17.9 Å². The normalized spacial score (nSPS) is 11.9. The van der Waals surface area contributed by atoms with Crippen molar-refractivity contribution in [2.24, 2.45) is 0 Å². The number of ether oxygens (including phenoxy) is 1. The fourth-order valence-electron chi connectivity index (χ4n) is 3.16. The van der Waals surface area contributed by atoms with Crippen LogP contribution in [0.1, 0.15) is 48.9 Å². The molecule has 2 aromatic rings. The van der Waals surface area contributed by atoms with Gasteiger partial charge in [0.2, 0.25) is 5.91 Å². The van der Waals surface area contributed by atoms with Crippen LogP contribution in [-0.2, 0) is 22.6 Å². The van der Waals surface area contributed by atoms with Gasteiger partial charge in [-0.25, -0.2) is 0 Å². The van der Waals surface area contributed by atoms with Crippen LogP contribution < -0.4 is 4.74 Å². The van der Waals surface area contributed by atoms with E-state index >= 15 is 0 Å². The number of hydrogen-bond donors (Lipinski definition) is 2. The average molecular weight is 424 g/mol. The van der Waals surface area contributed by atoms with Gasteiger partial charge in [0, 0.05) is 30.6 Å². The van der Waals surface area contributed by atoms with Gasteiger partial charge in [-0.15, -0.1) is 0 Å². The lowest BCUT2D eigenvalue weighted by atomic mass is 9.97. The van der Waals surface area contributed by atoms with E-state index in [1.165, 1.54) is 5.56 Å². The molecule has 31 heavy (non-hydrogen) atoms.